The van der Waals surface area contributed by atoms with E-state index >= 15 is 0 Å². The maximum absolute atomic E-state index is 12.3. The van der Waals surface area contributed by atoms with Crippen LogP contribution in [0.2, 0.25) is 0 Å². The Balaban J connectivity index is 1.77. The average Bonchev–Trinajstić information content (AvgIpc) is 3.29. The average molecular weight is 463 g/mol. The van der Waals surface area contributed by atoms with Crippen LogP contribution in [0, 0.1) is 11.3 Å². The van der Waals surface area contributed by atoms with E-state index in [-0.39, 0.29) is 34.1 Å². The maximum atomic E-state index is 12.3. The van der Waals surface area contributed by atoms with E-state index in [1.54, 1.807) is 6.92 Å². The van der Waals surface area contributed by atoms with Crippen LogP contribution in [-0.2, 0) is 15.1 Å². The van der Waals surface area contributed by atoms with E-state index in [1.807, 2.05) is 0 Å². The van der Waals surface area contributed by atoms with Gasteiger partial charge in [0.25, 0.3) is 5.91 Å². The molecule has 2 aromatic heterocycles. The molecule has 182 valence electrons. The third-order valence-electron chi connectivity index (χ3n) is 6.88. The van der Waals surface area contributed by atoms with Crippen LogP contribution < -0.4 is 11.1 Å². The van der Waals surface area contributed by atoms with E-state index in [2.05, 4.69) is 41.0 Å². The van der Waals surface area contributed by atoms with Crippen LogP contribution in [0.15, 0.2) is 6.33 Å². The molecule has 2 aliphatic rings. The minimum atomic E-state index is -1.43. The van der Waals surface area contributed by atoms with Gasteiger partial charge in [0.05, 0.1) is 6.33 Å². The molecule has 1 saturated heterocycles. The van der Waals surface area contributed by atoms with Crippen LogP contribution in [0.1, 0.15) is 65.4 Å². The second kappa shape index (κ2) is 8.46. The SMILES string of the molecule is CCNC(=O)[C@H]1O[C@@H](n2cnc3c(N)nc(C4(O)CCCCC4C(C)(C)C)nc32)C(O)C1O. The van der Waals surface area contributed by atoms with Gasteiger partial charge >= 0.3 is 0 Å². The van der Waals surface area contributed by atoms with E-state index < -0.39 is 36.0 Å². The monoisotopic (exact) mass is 462 g/mol. The molecule has 0 spiro atoms. The molecule has 3 heterocycles. The van der Waals surface area contributed by atoms with E-state index in [4.69, 9.17) is 10.5 Å². The van der Waals surface area contributed by atoms with Crippen LogP contribution in [0.25, 0.3) is 11.2 Å². The molecule has 11 heteroatoms. The molecule has 33 heavy (non-hydrogen) atoms. The van der Waals surface area contributed by atoms with Gasteiger partial charge in [-0.05, 0) is 31.1 Å². The Morgan fingerprint density at radius 1 is 1.30 bits per heavy atom. The summed E-state index contributed by atoms with van der Waals surface area (Å²) in [5.41, 5.74) is 5.31. The predicted molar refractivity (Wildman–Crippen MR) is 120 cm³/mol. The Bertz CT molecular complexity index is 1040. The Kier molecular flexibility index (Phi) is 6.10. The lowest BCUT2D eigenvalue weighted by Crippen LogP contribution is -2.46. The Labute approximate surface area is 192 Å². The normalized spacial score (nSPS) is 32.9. The number of nitrogens with two attached hydrogens (primary N) is 1. The highest BCUT2D eigenvalue weighted by Gasteiger charge is 2.50. The first-order chi connectivity index (χ1) is 15.5. The highest BCUT2D eigenvalue weighted by Crippen LogP contribution is 2.49. The number of aliphatic hydroxyl groups is 3. The standard InChI is InChI=1S/C22H34N6O5/c1-5-24-18(31)15-13(29)14(30)19(33-15)28-10-25-12-16(23)26-20(27-17(12)28)22(32)9-7-6-8-11(22)21(2,3)4/h10-11,13-15,19,29-30,32H,5-9H2,1-4H3,(H,24,31)(H2,23,26,27)/t11?,13?,14?,15-,19+,22?/m0/s1. The largest absolute Gasteiger partial charge is 0.387 e. The number of hydrogen-bond acceptors (Lipinski definition) is 9. The summed E-state index contributed by atoms with van der Waals surface area (Å²) in [7, 11) is 0. The van der Waals surface area contributed by atoms with Crippen molar-refractivity contribution >= 4 is 22.9 Å². The molecule has 1 aliphatic heterocycles. The number of hydrogen-bond donors (Lipinski definition) is 5. The van der Waals surface area contributed by atoms with Crippen LogP contribution in [0.5, 0.6) is 0 Å². The molecule has 0 bridgehead atoms. The fourth-order valence-corrected chi connectivity index (χ4v) is 5.27. The van der Waals surface area contributed by atoms with Crippen molar-refractivity contribution in [2.24, 2.45) is 11.3 Å². The lowest BCUT2D eigenvalue weighted by molar-refractivity contribution is -0.137. The Morgan fingerprint density at radius 3 is 2.70 bits per heavy atom. The van der Waals surface area contributed by atoms with E-state index in [0.29, 0.717) is 13.0 Å². The van der Waals surface area contributed by atoms with Crippen molar-refractivity contribution in [2.75, 3.05) is 12.3 Å². The molecule has 1 amide bonds. The summed E-state index contributed by atoms with van der Waals surface area (Å²) in [6, 6.07) is 0. The summed E-state index contributed by atoms with van der Waals surface area (Å²) in [6.07, 6.45) is -0.588. The molecule has 0 aromatic carbocycles. The number of nitrogens with one attached hydrogen (secondary N) is 1. The first-order valence-corrected chi connectivity index (χ1v) is 11.5. The van der Waals surface area contributed by atoms with Gasteiger partial charge in [-0.2, -0.15) is 0 Å². The zero-order chi connectivity index (χ0) is 24.1. The minimum Gasteiger partial charge on any atom is -0.387 e. The second-order valence-corrected chi connectivity index (χ2v) is 10.2. The summed E-state index contributed by atoms with van der Waals surface area (Å²) in [5, 5.41) is 35.4. The Hall–Kier alpha value is -2.34. The third kappa shape index (κ3) is 3.96. The molecular weight excluding hydrogens is 428 g/mol. The molecule has 1 aliphatic carbocycles. The number of ether oxygens (including phenoxy) is 1. The van der Waals surface area contributed by atoms with E-state index in [9.17, 15) is 20.1 Å². The van der Waals surface area contributed by atoms with Gasteiger partial charge in [0.2, 0.25) is 0 Å². The van der Waals surface area contributed by atoms with Crippen molar-refractivity contribution < 1.29 is 24.9 Å². The van der Waals surface area contributed by atoms with Gasteiger partial charge in [0, 0.05) is 6.54 Å². The molecule has 2 fully saturated rings. The number of aliphatic hydroxyl groups excluding tert-OH is 2. The van der Waals surface area contributed by atoms with E-state index in [1.165, 1.54) is 10.9 Å². The number of carbonyl (C=O) groups is 1. The molecule has 0 radical (unpaired) electrons. The fraction of sp³-hybridized carbons (Fsp3) is 0.727. The first-order valence-electron chi connectivity index (χ1n) is 11.5. The van der Waals surface area contributed by atoms with Crippen molar-refractivity contribution in [3.63, 3.8) is 0 Å². The number of imidazole rings is 1. The molecular formula is C22H34N6O5. The van der Waals surface area contributed by atoms with Crippen LogP contribution in [-0.4, -0.2) is 65.6 Å². The van der Waals surface area contributed by atoms with Crippen molar-refractivity contribution in [1.29, 1.82) is 0 Å². The summed E-state index contributed by atoms with van der Waals surface area (Å²) in [4.78, 5) is 25.6. The van der Waals surface area contributed by atoms with Crippen LogP contribution in [0.3, 0.4) is 0 Å². The number of anilines is 1. The molecule has 11 nitrogen and oxygen atoms in total. The zero-order valence-electron chi connectivity index (χ0n) is 19.5. The van der Waals surface area contributed by atoms with Crippen molar-refractivity contribution in [1.82, 2.24) is 24.8 Å². The topological polar surface area (TPSA) is 169 Å². The second-order valence-electron chi connectivity index (χ2n) is 10.2. The zero-order valence-corrected chi connectivity index (χ0v) is 19.5. The van der Waals surface area contributed by atoms with Gasteiger partial charge in [0.15, 0.2) is 29.6 Å². The number of likely N-dealkylation sites (N-methyl/N-ethyl adjacent to an activating group) is 1. The number of amides is 1. The highest BCUT2D eigenvalue weighted by molar-refractivity contribution is 5.83. The number of fused-ring (bicyclic) bond motifs is 1. The summed E-state index contributed by atoms with van der Waals surface area (Å²) >= 11 is 0. The van der Waals surface area contributed by atoms with Gasteiger partial charge < -0.3 is 31.1 Å². The van der Waals surface area contributed by atoms with Gasteiger partial charge in [-0.3, -0.25) is 9.36 Å². The number of carbonyl (C=O) groups excluding carboxylic acids is 1. The number of nitrogen functional groups attached to an aromatic ring is 1. The third-order valence-corrected chi connectivity index (χ3v) is 6.88. The van der Waals surface area contributed by atoms with Gasteiger partial charge in [0.1, 0.15) is 23.3 Å². The highest BCUT2D eigenvalue weighted by atomic mass is 16.6. The maximum Gasteiger partial charge on any atom is 0.252 e. The summed E-state index contributed by atoms with van der Waals surface area (Å²) < 4.78 is 7.16. The molecule has 4 unspecified atom stereocenters. The summed E-state index contributed by atoms with van der Waals surface area (Å²) in [6.45, 7) is 8.38. The lowest BCUT2D eigenvalue weighted by Gasteiger charge is -2.45. The van der Waals surface area contributed by atoms with Crippen LogP contribution >= 0.6 is 0 Å². The van der Waals surface area contributed by atoms with Crippen LogP contribution in [0.4, 0.5) is 5.82 Å². The summed E-state index contributed by atoms with van der Waals surface area (Å²) in [5.74, 6) is -0.282. The first kappa shape index (κ1) is 23.8. The molecule has 6 atom stereocenters. The van der Waals surface area contributed by atoms with Crippen molar-refractivity contribution in [2.45, 2.75) is 83.5 Å². The smallest absolute Gasteiger partial charge is 0.252 e. The fourth-order valence-electron chi connectivity index (χ4n) is 5.27. The predicted octanol–water partition coefficient (Wildman–Crippen LogP) is 0.588. The van der Waals surface area contributed by atoms with E-state index in [0.717, 1.165) is 19.3 Å². The number of nitrogens with zero attached hydrogens (tertiary/aromatic N) is 4. The van der Waals surface area contributed by atoms with Gasteiger partial charge in [-0.25, -0.2) is 15.0 Å². The van der Waals surface area contributed by atoms with Crippen molar-refractivity contribution in [3.8, 4) is 0 Å². The number of aromatic nitrogens is 4. The molecule has 6 N–H and O–H groups in total. The quantitative estimate of drug-likeness (QED) is 0.436. The lowest BCUT2D eigenvalue weighted by atomic mass is 9.63. The minimum absolute atomic E-state index is 0.0794. The number of rotatable bonds is 4. The molecule has 2 aromatic rings. The Morgan fingerprint density at radius 2 is 2.03 bits per heavy atom. The van der Waals surface area contributed by atoms with Crippen molar-refractivity contribution in [3.05, 3.63) is 12.2 Å². The van der Waals surface area contributed by atoms with Gasteiger partial charge in [-0.1, -0.05) is 33.6 Å². The molecule has 1 saturated carbocycles. The van der Waals surface area contributed by atoms with Gasteiger partial charge in [-0.15, -0.1) is 0 Å². The molecule has 4 rings (SSSR count).